The van der Waals surface area contributed by atoms with E-state index in [9.17, 15) is 0 Å². The molecule has 0 aromatic heterocycles. The number of hydrogen-bond acceptors (Lipinski definition) is 0. The Hall–Kier alpha value is -0.0400. The van der Waals surface area contributed by atoms with E-state index >= 15 is 0 Å². The average molecular weight is 355 g/mol. The van der Waals surface area contributed by atoms with Crippen LogP contribution in [0, 0.1) is 23.7 Å². The van der Waals surface area contributed by atoms with Crippen LogP contribution >= 0.6 is 0 Å². The first kappa shape index (κ1) is 25.0. The third-order valence-corrected chi connectivity index (χ3v) is 6.63. The zero-order valence-corrected chi connectivity index (χ0v) is 19.2. The van der Waals surface area contributed by atoms with Crippen molar-refractivity contribution in [2.75, 3.05) is 26.7 Å². The van der Waals surface area contributed by atoms with Gasteiger partial charge in [-0.3, -0.25) is 0 Å². The van der Waals surface area contributed by atoms with Crippen LogP contribution in [0.4, 0.5) is 0 Å². The second-order valence-electron chi connectivity index (χ2n) is 9.41. The van der Waals surface area contributed by atoms with Crippen LogP contribution < -0.4 is 0 Å². The van der Waals surface area contributed by atoms with Gasteiger partial charge in [0.05, 0.1) is 26.7 Å². The maximum absolute atomic E-state index is 2.59. The van der Waals surface area contributed by atoms with Crippen LogP contribution in [0.15, 0.2) is 0 Å². The van der Waals surface area contributed by atoms with Crippen molar-refractivity contribution in [3.8, 4) is 0 Å². The molecule has 0 aliphatic carbocycles. The van der Waals surface area contributed by atoms with Crippen molar-refractivity contribution >= 4 is 0 Å². The molecule has 0 aliphatic heterocycles. The van der Waals surface area contributed by atoms with Crippen molar-refractivity contribution < 1.29 is 4.48 Å². The van der Waals surface area contributed by atoms with Crippen LogP contribution in [-0.2, 0) is 0 Å². The molecule has 0 spiro atoms. The van der Waals surface area contributed by atoms with Crippen LogP contribution in [0.25, 0.3) is 0 Å². The number of unbranched alkanes of at least 4 members (excludes halogenated alkanes) is 2. The Balaban J connectivity index is 5.16. The Morgan fingerprint density at radius 3 is 1.36 bits per heavy atom. The molecule has 3 atom stereocenters. The standard InChI is InChI=1S/C24H52N/c1-9-14-16-22(11-3)18-25(8,20-24(13-5)21(6)7)19-23(12-4)17-15-10-2/h21-24H,9-20H2,1-8H3/q+1. The monoisotopic (exact) mass is 354 g/mol. The Bertz CT molecular complexity index is 278. The van der Waals surface area contributed by atoms with Gasteiger partial charge in [0.15, 0.2) is 0 Å². The average Bonchev–Trinajstić information content (AvgIpc) is 2.60. The van der Waals surface area contributed by atoms with E-state index in [0.29, 0.717) is 0 Å². The highest BCUT2D eigenvalue weighted by molar-refractivity contribution is 4.66. The third kappa shape index (κ3) is 10.6. The van der Waals surface area contributed by atoms with Gasteiger partial charge in [-0.2, -0.15) is 0 Å². The lowest BCUT2D eigenvalue weighted by Crippen LogP contribution is -2.53. The van der Waals surface area contributed by atoms with Gasteiger partial charge in [-0.05, 0) is 38.0 Å². The Kier molecular flexibility index (Phi) is 14.0. The minimum atomic E-state index is 0.814. The van der Waals surface area contributed by atoms with Crippen LogP contribution in [0.3, 0.4) is 0 Å². The van der Waals surface area contributed by atoms with E-state index in [2.05, 4.69) is 55.5 Å². The second kappa shape index (κ2) is 14.1. The molecule has 0 heterocycles. The quantitative estimate of drug-likeness (QED) is 0.251. The van der Waals surface area contributed by atoms with E-state index in [1.165, 1.54) is 81.9 Å². The van der Waals surface area contributed by atoms with E-state index in [4.69, 9.17) is 0 Å². The highest BCUT2D eigenvalue weighted by Crippen LogP contribution is 2.27. The first-order chi connectivity index (χ1) is 11.9. The van der Waals surface area contributed by atoms with Gasteiger partial charge >= 0.3 is 0 Å². The topological polar surface area (TPSA) is 0 Å². The van der Waals surface area contributed by atoms with Gasteiger partial charge in [0.2, 0.25) is 0 Å². The maximum atomic E-state index is 2.59. The fourth-order valence-electron chi connectivity index (χ4n) is 4.68. The van der Waals surface area contributed by atoms with E-state index in [1.807, 2.05) is 0 Å². The molecular weight excluding hydrogens is 302 g/mol. The number of nitrogens with zero attached hydrogens (tertiary/aromatic N) is 1. The fraction of sp³-hybridized carbons (Fsp3) is 1.00. The van der Waals surface area contributed by atoms with Crippen molar-refractivity contribution in [1.82, 2.24) is 0 Å². The van der Waals surface area contributed by atoms with Crippen molar-refractivity contribution in [1.29, 1.82) is 0 Å². The molecule has 0 amide bonds. The Morgan fingerprint density at radius 1 is 0.640 bits per heavy atom. The first-order valence-corrected chi connectivity index (χ1v) is 11.7. The summed E-state index contributed by atoms with van der Waals surface area (Å²) in [6, 6.07) is 0. The normalized spacial score (nSPS) is 18.1. The number of rotatable bonds is 16. The zero-order chi connectivity index (χ0) is 19.3. The summed E-state index contributed by atoms with van der Waals surface area (Å²) in [5.74, 6) is 3.52. The van der Waals surface area contributed by atoms with Crippen molar-refractivity contribution in [2.45, 2.75) is 106 Å². The molecule has 0 saturated carbocycles. The molecular formula is C24H52N+. The smallest absolute Gasteiger partial charge is 0.0815 e. The predicted molar refractivity (Wildman–Crippen MR) is 116 cm³/mol. The zero-order valence-electron chi connectivity index (χ0n) is 19.2. The molecule has 0 rings (SSSR count). The molecule has 1 nitrogen and oxygen atoms in total. The largest absolute Gasteiger partial charge is 0.325 e. The maximum Gasteiger partial charge on any atom is 0.0815 e. The van der Waals surface area contributed by atoms with Crippen molar-refractivity contribution in [3.63, 3.8) is 0 Å². The van der Waals surface area contributed by atoms with Crippen LogP contribution in [-0.4, -0.2) is 31.2 Å². The van der Waals surface area contributed by atoms with E-state index < -0.39 is 0 Å². The Labute approximate surface area is 161 Å². The predicted octanol–water partition coefficient (Wildman–Crippen LogP) is 7.55. The summed E-state index contributed by atoms with van der Waals surface area (Å²) in [6.07, 6.45) is 12.4. The molecule has 0 fully saturated rings. The minimum Gasteiger partial charge on any atom is -0.325 e. The van der Waals surface area contributed by atoms with Crippen LogP contribution in [0.1, 0.15) is 106 Å². The SMILES string of the molecule is CCCCC(CC)C[N+](C)(CC(CC)CCCC)CC(CC)C(C)C. The van der Waals surface area contributed by atoms with Gasteiger partial charge < -0.3 is 4.48 Å². The summed E-state index contributed by atoms with van der Waals surface area (Å²) >= 11 is 0. The molecule has 0 N–H and O–H groups in total. The molecule has 152 valence electrons. The lowest BCUT2D eigenvalue weighted by Gasteiger charge is -2.43. The lowest BCUT2D eigenvalue weighted by molar-refractivity contribution is -0.919. The lowest BCUT2D eigenvalue weighted by atomic mass is 9.89. The number of hydrogen-bond donors (Lipinski definition) is 0. The van der Waals surface area contributed by atoms with Gasteiger partial charge in [0, 0.05) is 17.8 Å². The fourth-order valence-corrected chi connectivity index (χ4v) is 4.68. The van der Waals surface area contributed by atoms with Gasteiger partial charge in [0.25, 0.3) is 0 Å². The molecule has 25 heavy (non-hydrogen) atoms. The molecule has 0 aliphatic rings. The van der Waals surface area contributed by atoms with Gasteiger partial charge in [-0.15, -0.1) is 0 Å². The summed E-state index contributed by atoms with van der Waals surface area (Å²) in [5.41, 5.74) is 0. The van der Waals surface area contributed by atoms with Crippen LogP contribution in [0.5, 0.6) is 0 Å². The highest BCUT2D eigenvalue weighted by atomic mass is 15.3. The van der Waals surface area contributed by atoms with Crippen LogP contribution in [0.2, 0.25) is 0 Å². The number of quaternary nitrogens is 1. The summed E-state index contributed by atoms with van der Waals surface area (Å²) in [4.78, 5) is 0. The molecule has 0 aromatic carbocycles. The summed E-state index contributed by atoms with van der Waals surface area (Å²) in [5, 5.41) is 0. The molecule has 0 bridgehead atoms. The molecule has 3 unspecified atom stereocenters. The summed E-state index contributed by atoms with van der Waals surface area (Å²) < 4.78 is 1.32. The molecule has 0 saturated heterocycles. The van der Waals surface area contributed by atoms with Gasteiger partial charge in [-0.1, -0.05) is 74.1 Å². The van der Waals surface area contributed by atoms with E-state index in [0.717, 1.165) is 23.7 Å². The van der Waals surface area contributed by atoms with E-state index in [1.54, 1.807) is 0 Å². The highest BCUT2D eigenvalue weighted by Gasteiger charge is 2.32. The van der Waals surface area contributed by atoms with Crippen molar-refractivity contribution in [3.05, 3.63) is 0 Å². The minimum absolute atomic E-state index is 0.814. The Morgan fingerprint density at radius 2 is 1.08 bits per heavy atom. The third-order valence-electron chi connectivity index (χ3n) is 6.63. The summed E-state index contributed by atoms with van der Waals surface area (Å²) in [6.45, 7) is 21.0. The second-order valence-corrected chi connectivity index (χ2v) is 9.41. The van der Waals surface area contributed by atoms with Gasteiger partial charge in [0.1, 0.15) is 0 Å². The van der Waals surface area contributed by atoms with Crippen molar-refractivity contribution in [2.24, 2.45) is 23.7 Å². The molecule has 1 heteroatoms. The van der Waals surface area contributed by atoms with E-state index in [-0.39, 0.29) is 0 Å². The summed E-state index contributed by atoms with van der Waals surface area (Å²) in [7, 11) is 2.59. The first-order valence-electron chi connectivity index (χ1n) is 11.7. The molecule has 0 aromatic rings. The van der Waals surface area contributed by atoms with Gasteiger partial charge in [-0.25, -0.2) is 0 Å². The molecule has 0 radical (unpaired) electrons.